The molecule has 1 atom stereocenters. The molecule has 1 aliphatic heterocycles. The number of amides is 2. The summed E-state index contributed by atoms with van der Waals surface area (Å²) in [5.41, 5.74) is 2.46. The van der Waals surface area contributed by atoms with Gasteiger partial charge in [0.2, 0.25) is 5.91 Å². The maximum absolute atomic E-state index is 12.6. The first-order valence-electron chi connectivity index (χ1n) is 11.5. The van der Waals surface area contributed by atoms with Gasteiger partial charge in [-0.1, -0.05) is 11.6 Å². The minimum atomic E-state index is -3.21. The van der Waals surface area contributed by atoms with Gasteiger partial charge in [0.1, 0.15) is 15.9 Å². The lowest BCUT2D eigenvalue weighted by Gasteiger charge is -2.39. The molecule has 0 spiro atoms. The van der Waals surface area contributed by atoms with E-state index in [1.807, 2.05) is 24.8 Å². The quantitative estimate of drug-likeness (QED) is 0.615. The van der Waals surface area contributed by atoms with Gasteiger partial charge in [0.15, 0.2) is 0 Å². The third kappa shape index (κ3) is 7.58. The summed E-state index contributed by atoms with van der Waals surface area (Å²) < 4.78 is 28.3. The van der Waals surface area contributed by atoms with E-state index in [0.29, 0.717) is 36.9 Å². The second kappa shape index (κ2) is 11.1. The van der Waals surface area contributed by atoms with Crippen molar-refractivity contribution in [1.82, 2.24) is 9.80 Å². The number of hydrogen-bond acceptors (Lipinski definition) is 6. The number of nitrogens with one attached hydrogen (secondary N) is 1. The van der Waals surface area contributed by atoms with E-state index in [1.165, 1.54) is 0 Å². The number of benzene rings is 1. The summed E-state index contributed by atoms with van der Waals surface area (Å²) in [5.74, 6) is -0.559. The molecule has 1 saturated carbocycles. The molecule has 8 nitrogen and oxygen atoms in total. The monoisotopic (exact) mass is 499 g/mol. The van der Waals surface area contributed by atoms with E-state index in [-0.39, 0.29) is 36.3 Å². The fraction of sp³-hybridized carbons (Fsp3) is 0.652. The lowest BCUT2D eigenvalue weighted by atomic mass is 10.0. The Kier molecular flexibility index (Phi) is 8.64. The first-order valence-corrected chi connectivity index (χ1v) is 13.9. The van der Waals surface area contributed by atoms with Gasteiger partial charge in [0, 0.05) is 55.6 Å². The average Bonchev–Trinajstić information content (AvgIpc) is 3.22. The Labute approximate surface area is 201 Å². The van der Waals surface area contributed by atoms with E-state index in [9.17, 15) is 18.0 Å². The molecule has 2 amide bonds. The van der Waals surface area contributed by atoms with Crippen molar-refractivity contribution in [3.63, 3.8) is 0 Å². The molecular formula is C23H34ClN3O5S. The third-order valence-electron chi connectivity index (χ3n) is 6.36. The summed E-state index contributed by atoms with van der Waals surface area (Å²) in [6.07, 6.45) is 5.02. The van der Waals surface area contributed by atoms with Crippen molar-refractivity contribution >= 4 is 39.1 Å². The number of nitrogens with zero attached hydrogens (tertiary/aromatic N) is 2. The summed E-state index contributed by atoms with van der Waals surface area (Å²) in [6, 6.07) is 3.59. The van der Waals surface area contributed by atoms with Gasteiger partial charge in [-0.25, -0.2) is 13.2 Å². The van der Waals surface area contributed by atoms with E-state index in [1.54, 1.807) is 6.07 Å². The second-order valence-electron chi connectivity index (χ2n) is 9.23. The van der Waals surface area contributed by atoms with E-state index >= 15 is 0 Å². The average molecular weight is 500 g/mol. The van der Waals surface area contributed by atoms with Gasteiger partial charge < -0.3 is 15.0 Å². The normalized spacial score (nSPS) is 20.1. The van der Waals surface area contributed by atoms with Crippen molar-refractivity contribution in [3.8, 4) is 0 Å². The lowest BCUT2D eigenvalue weighted by molar-refractivity contribution is -0.115. The Morgan fingerprint density at radius 3 is 2.55 bits per heavy atom. The zero-order chi connectivity index (χ0) is 24.2. The highest BCUT2D eigenvalue weighted by molar-refractivity contribution is 7.90. The van der Waals surface area contributed by atoms with Crippen molar-refractivity contribution in [1.29, 1.82) is 0 Å². The minimum Gasteiger partial charge on any atom is -0.446 e. The third-order valence-corrected chi connectivity index (χ3v) is 7.53. The van der Waals surface area contributed by atoms with Gasteiger partial charge in [0.25, 0.3) is 0 Å². The number of rotatable bonds is 7. The van der Waals surface area contributed by atoms with Gasteiger partial charge in [-0.3, -0.25) is 9.69 Å². The molecule has 1 aromatic carbocycles. The van der Waals surface area contributed by atoms with Crippen LogP contribution in [0.2, 0.25) is 5.02 Å². The molecule has 1 unspecified atom stereocenters. The van der Waals surface area contributed by atoms with Gasteiger partial charge in [-0.05, 0) is 62.8 Å². The fourth-order valence-corrected chi connectivity index (χ4v) is 5.22. The molecule has 1 aliphatic carbocycles. The van der Waals surface area contributed by atoms with Crippen LogP contribution in [0.4, 0.5) is 10.5 Å². The smallest absolute Gasteiger partial charge is 0.410 e. The van der Waals surface area contributed by atoms with Crippen LogP contribution in [0.5, 0.6) is 0 Å². The van der Waals surface area contributed by atoms with Crippen LogP contribution >= 0.6 is 11.6 Å². The number of piperazine rings is 1. The first kappa shape index (κ1) is 25.8. The van der Waals surface area contributed by atoms with Crippen molar-refractivity contribution in [2.24, 2.45) is 0 Å². The van der Waals surface area contributed by atoms with Crippen LogP contribution in [-0.4, -0.2) is 74.0 Å². The number of carbonyl (C=O) groups excluding carboxylic acids is 2. The van der Waals surface area contributed by atoms with Crippen LogP contribution in [0.25, 0.3) is 0 Å². The van der Waals surface area contributed by atoms with Crippen molar-refractivity contribution in [2.45, 2.75) is 64.6 Å². The molecule has 0 bridgehead atoms. The summed E-state index contributed by atoms with van der Waals surface area (Å²) in [7, 11) is -3.21. The van der Waals surface area contributed by atoms with E-state index in [4.69, 9.17) is 16.3 Å². The Hall–Kier alpha value is -1.84. The van der Waals surface area contributed by atoms with E-state index in [2.05, 4.69) is 10.2 Å². The molecule has 1 N–H and O–H groups in total. The van der Waals surface area contributed by atoms with Gasteiger partial charge in [-0.15, -0.1) is 0 Å². The number of halogens is 1. The van der Waals surface area contributed by atoms with Crippen molar-refractivity contribution in [2.75, 3.05) is 37.0 Å². The highest BCUT2D eigenvalue weighted by Gasteiger charge is 2.31. The highest BCUT2D eigenvalue weighted by atomic mass is 35.5. The largest absolute Gasteiger partial charge is 0.446 e. The van der Waals surface area contributed by atoms with E-state index in [0.717, 1.165) is 43.1 Å². The first-order chi connectivity index (χ1) is 15.5. The molecule has 10 heteroatoms. The number of hydrogen-bond donors (Lipinski definition) is 1. The number of sulfone groups is 1. The fourth-order valence-electron chi connectivity index (χ4n) is 4.43. The Bertz CT molecular complexity index is 979. The van der Waals surface area contributed by atoms with Crippen LogP contribution < -0.4 is 5.32 Å². The van der Waals surface area contributed by atoms with Crippen molar-refractivity contribution < 1.29 is 22.7 Å². The summed E-state index contributed by atoms with van der Waals surface area (Å²) in [4.78, 5) is 28.9. The topological polar surface area (TPSA) is 96.0 Å². The molecular weight excluding hydrogens is 466 g/mol. The molecule has 3 rings (SSSR count). The summed E-state index contributed by atoms with van der Waals surface area (Å²) >= 11 is 6.31. The zero-order valence-electron chi connectivity index (χ0n) is 19.6. The van der Waals surface area contributed by atoms with Crippen LogP contribution in [0, 0.1) is 6.92 Å². The molecule has 1 saturated heterocycles. The van der Waals surface area contributed by atoms with Crippen molar-refractivity contribution in [3.05, 3.63) is 28.3 Å². The standard InChI is InChI=1S/C23H34ClN3O5S/c1-16-14-26(9-10-27(16)23(29)32-20-6-4-5-7-20)15-18-12-19(24)13-21(17(18)2)25-22(28)8-11-33(3,30)31/h12-13,16,20H,4-11,14-15H2,1-3H3,(H,25,28). The van der Waals surface area contributed by atoms with Gasteiger partial charge in [-0.2, -0.15) is 0 Å². The lowest BCUT2D eigenvalue weighted by Crippen LogP contribution is -2.54. The van der Waals surface area contributed by atoms with Crippen LogP contribution in [0.3, 0.4) is 0 Å². The van der Waals surface area contributed by atoms with Crippen LogP contribution in [0.15, 0.2) is 12.1 Å². The highest BCUT2D eigenvalue weighted by Crippen LogP contribution is 2.27. The Morgan fingerprint density at radius 1 is 1.21 bits per heavy atom. The summed E-state index contributed by atoms with van der Waals surface area (Å²) in [5, 5.41) is 3.29. The molecule has 0 radical (unpaired) electrons. The molecule has 0 aromatic heterocycles. The number of ether oxygens (including phenoxy) is 1. The molecule has 2 fully saturated rings. The second-order valence-corrected chi connectivity index (χ2v) is 11.9. The maximum atomic E-state index is 12.6. The van der Waals surface area contributed by atoms with Crippen LogP contribution in [-0.2, 0) is 25.9 Å². The van der Waals surface area contributed by atoms with Gasteiger partial charge >= 0.3 is 6.09 Å². The Morgan fingerprint density at radius 2 is 1.91 bits per heavy atom. The number of anilines is 1. The molecule has 2 aliphatic rings. The maximum Gasteiger partial charge on any atom is 0.410 e. The van der Waals surface area contributed by atoms with Gasteiger partial charge in [0.05, 0.1) is 5.75 Å². The summed E-state index contributed by atoms with van der Waals surface area (Å²) in [6.45, 7) is 6.60. The zero-order valence-corrected chi connectivity index (χ0v) is 21.2. The predicted molar refractivity (Wildman–Crippen MR) is 129 cm³/mol. The molecule has 1 heterocycles. The van der Waals surface area contributed by atoms with Crippen LogP contribution in [0.1, 0.15) is 50.2 Å². The molecule has 184 valence electrons. The minimum absolute atomic E-state index is 0.0299. The SMILES string of the molecule is Cc1c(CN2CCN(C(=O)OC3CCCC3)C(C)C2)cc(Cl)cc1NC(=O)CCS(C)(=O)=O. The predicted octanol–water partition coefficient (Wildman–Crippen LogP) is 3.61. The van der Waals surface area contributed by atoms with E-state index < -0.39 is 9.84 Å². The molecule has 33 heavy (non-hydrogen) atoms. The Balaban J connectivity index is 1.59. The molecule has 1 aromatic rings. The number of carbonyl (C=O) groups is 2.